The van der Waals surface area contributed by atoms with Crippen molar-refractivity contribution in [3.8, 4) is 17.1 Å². The summed E-state index contributed by atoms with van der Waals surface area (Å²) in [4.78, 5) is 8.73. The fourth-order valence-electron chi connectivity index (χ4n) is 1.48. The Balaban J connectivity index is 2.31. The maximum atomic E-state index is 9.26. The maximum Gasteiger partial charge on any atom is 0.161 e. The molecule has 18 heavy (non-hydrogen) atoms. The minimum absolute atomic E-state index is 0.236. The Bertz CT molecular complexity index is 528. The molecule has 1 aromatic carbocycles. The fraction of sp³-hybridized carbons (Fsp3) is 0.231. The van der Waals surface area contributed by atoms with Gasteiger partial charge in [-0.3, -0.25) is 0 Å². The number of phenols is 1. The molecule has 0 saturated heterocycles. The molecule has 0 amide bonds. The molecule has 2 N–H and O–H groups in total. The quantitative estimate of drug-likeness (QED) is 0.908. The van der Waals surface area contributed by atoms with E-state index in [1.165, 1.54) is 0 Å². The van der Waals surface area contributed by atoms with Crippen molar-refractivity contribution >= 4 is 21.7 Å². The molecular formula is C13H14BrN3O. The third-order valence-corrected chi connectivity index (χ3v) is 2.99. The number of phenolic OH excluding ortho intramolecular Hbond substituents is 1. The van der Waals surface area contributed by atoms with Crippen LogP contribution in [0.5, 0.6) is 5.75 Å². The molecule has 0 unspecified atom stereocenters. The van der Waals surface area contributed by atoms with Crippen LogP contribution >= 0.6 is 15.9 Å². The van der Waals surface area contributed by atoms with Crippen LogP contribution in [0.4, 0.5) is 5.82 Å². The van der Waals surface area contributed by atoms with Crippen molar-refractivity contribution < 1.29 is 5.11 Å². The number of benzene rings is 1. The number of halogens is 1. The summed E-state index contributed by atoms with van der Waals surface area (Å²) in [5.41, 5.74) is 0.875. The van der Waals surface area contributed by atoms with Gasteiger partial charge in [0.05, 0.1) is 4.47 Å². The Labute approximate surface area is 114 Å². The molecule has 94 valence electrons. The average Bonchev–Trinajstić information content (AvgIpc) is 2.39. The Morgan fingerprint density at radius 3 is 2.67 bits per heavy atom. The topological polar surface area (TPSA) is 58.0 Å². The van der Waals surface area contributed by atoms with Gasteiger partial charge < -0.3 is 10.4 Å². The lowest BCUT2D eigenvalue weighted by atomic mass is 10.2. The van der Waals surface area contributed by atoms with Crippen LogP contribution in [-0.4, -0.2) is 21.6 Å². The molecule has 4 nitrogen and oxygen atoms in total. The lowest BCUT2D eigenvalue weighted by molar-refractivity contribution is 0.475. The second kappa shape index (κ2) is 5.82. The number of aromatic nitrogens is 2. The third-order valence-electron chi connectivity index (χ3n) is 2.41. The minimum Gasteiger partial charge on any atom is -0.508 e. The second-order valence-electron chi connectivity index (χ2n) is 3.86. The molecule has 2 aromatic rings. The van der Waals surface area contributed by atoms with Crippen molar-refractivity contribution in [3.05, 3.63) is 34.9 Å². The summed E-state index contributed by atoms with van der Waals surface area (Å²) in [6.45, 7) is 2.97. The van der Waals surface area contributed by atoms with Gasteiger partial charge in [0.2, 0.25) is 0 Å². The third kappa shape index (κ3) is 2.98. The fourth-order valence-corrected chi connectivity index (χ4v) is 1.82. The normalized spacial score (nSPS) is 10.3. The molecule has 0 aliphatic carbocycles. The molecule has 1 heterocycles. The highest BCUT2D eigenvalue weighted by Gasteiger charge is 2.06. The van der Waals surface area contributed by atoms with Crippen molar-refractivity contribution in [3.63, 3.8) is 0 Å². The van der Waals surface area contributed by atoms with E-state index in [1.54, 1.807) is 30.5 Å². The van der Waals surface area contributed by atoms with Gasteiger partial charge in [-0.1, -0.05) is 6.92 Å². The maximum absolute atomic E-state index is 9.26. The summed E-state index contributed by atoms with van der Waals surface area (Å²) in [6.07, 6.45) is 2.76. The average molecular weight is 308 g/mol. The standard InChI is InChI=1S/C13H14BrN3O/c1-2-7-15-13-11(14)8-16-12(17-13)9-3-5-10(18)6-4-9/h3-6,8,18H,2,7H2,1H3,(H,15,16,17). The summed E-state index contributed by atoms with van der Waals surface area (Å²) in [6, 6.07) is 6.84. The summed E-state index contributed by atoms with van der Waals surface area (Å²) >= 11 is 3.42. The van der Waals surface area contributed by atoms with Gasteiger partial charge in [-0.2, -0.15) is 0 Å². The van der Waals surface area contributed by atoms with E-state index in [0.29, 0.717) is 5.82 Å². The van der Waals surface area contributed by atoms with Gasteiger partial charge in [0.1, 0.15) is 11.6 Å². The van der Waals surface area contributed by atoms with Crippen LogP contribution in [0.25, 0.3) is 11.4 Å². The van der Waals surface area contributed by atoms with Crippen LogP contribution in [0.2, 0.25) is 0 Å². The molecule has 2 rings (SSSR count). The Morgan fingerprint density at radius 2 is 2.00 bits per heavy atom. The smallest absolute Gasteiger partial charge is 0.161 e. The lowest BCUT2D eigenvalue weighted by Gasteiger charge is -2.08. The lowest BCUT2D eigenvalue weighted by Crippen LogP contribution is -2.04. The van der Waals surface area contributed by atoms with Gasteiger partial charge in [-0.15, -0.1) is 0 Å². The SMILES string of the molecule is CCCNc1nc(-c2ccc(O)cc2)ncc1Br. The van der Waals surface area contributed by atoms with Gasteiger partial charge in [0, 0.05) is 18.3 Å². The van der Waals surface area contributed by atoms with E-state index in [1.807, 2.05) is 0 Å². The minimum atomic E-state index is 0.236. The summed E-state index contributed by atoms with van der Waals surface area (Å²) in [7, 11) is 0. The molecule has 0 spiro atoms. The van der Waals surface area contributed by atoms with Crippen LogP contribution in [-0.2, 0) is 0 Å². The highest BCUT2D eigenvalue weighted by Crippen LogP contribution is 2.24. The number of nitrogens with zero attached hydrogens (tertiary/aromatic N) is 2. The number of hydrogen-bond donors (Lipinski definition) is 2. The zero-order valence-corrected chi connectivity index (χ0v) is 11.6. The monoisotopic (exact) mass is 307 g/mol. The molecule has 0 atom stereocenters. The van der Waals surface area contributed by atoms with Crippen molar-refractivity contribution in [2.45, 2.75) is 13.3 Å². The Kier molecular flexibility index (Phi) is 4.15. The largest absolute Gasteiger partial charge is 0.508 e. The van der Waals surface area contributed by atoms with E-state index >= 15 is 0 Å². The number of anilines is 1. The predicted octanol–water partition coefficient (Wildman–Crippen LogP) is 3.43. The summed E-state index contributed by atoms with van der Waals surface area (Å²) in [5, 5.41) is 12.5. The van der Waals surface area contributed by atoms with E-state index in [0.717, 1.165) is 28.8 Å². The molecule has 0 fully saturated rings. The molecule has 0 aliphatic heterocycles. The van der Waals surface area contributed by atoms with Crippen LogP contribution in [0.3, 0.4) is 0 Å². The van der Waals surface area contributed by atoms with Crippen molar-refractivity contribution in [1.82, 2.24) is 9.97 Å². The van der Waals surface area contributed by atoms with E-state index in [-0.39, 0.29) is 5.75 Å². The first-order chi connectivity index (χ1) is 8.70. The van der Waals surface area contributed by atoms with Crippen molar-refractivity contribution in [2.24, 2.45) is 0 Å². The molecule has 0 aliphatic rings. The molecule has 1 aromatic heterocycles. The molecule has 0 bridgehead atoms. The number of rotatable bonds is 4. The first-order valence-electron chi connectivity index (χ1n) is 5.76. The van der Waals surface area contributed by atoms with Crippen LogP contribution in [0.15, 0.2) is 34.9 Å². The summed E-state index contributed by atoms with van der Waals surface area (Å²) < 4.78 is 0.846. The molecular weight excluding hydrogens is 294 g/mol. The zero-order valence-electron chi connectivity index (χ0n) is 10.0. The van der Waals surface area contributed by atoms with Gasteiger partial charge in [0.15, 0.2) is 5.82 Å². The number of aromatic hydroxyl groups is 1. The first kappa shape index (κ1) is 12.8. The second-order valence-corrected chi connectivity index (χ2v) is 4.72. The first-order valence-corrected chi connectivity index (χ1v) is 6.56. The van der Waals surface area contributed by atoms with Crippen molar-refractivity contribution in [1.29, 1.82) is 0 Å². The number of hydrogen-bond acceptors (Lipinski definition) is 4. The van der Waals surface area contributed by atoms with Crippen LogP contribution in [0, 0.1) is 0 Å². The van der Waals surface area contributed by atoms with E-state index in [2.05, 4.69) is 38.1 Å². The van der Waals surface area contributed by atoms with E-state index in [4.69, 9.17) is 0 Å². The van der Waals surface area contributed by atoms with Crippen molar-refractivity contribution in [2.75, 3.05) is 11.9 Å². The Hall–Kier alpha value is -1.62. The Morgan fingerprint density at radius 1 is 1.28 bits per heavy atom. The highest BCUT2D eigenvalue weighted by molar-refractivity contribution is 9.10. The van der Waals surface area contributed by atoms with Crippen LogP contribution in [0.1, 0.15) is 13.3 Å². The van der Waals surface area contributed by atoms with E-state index in [9.17, 15) is 5.11 Å². The summed E-state index contributed by atoms with van der Waals surface area (Å²) in [5.74, 6) is 1.66. The van der Waals surface area contributed by atoms with Gasteiger partial charge in [-0.25, -0.2) is 9.97 Å². The van der Waals surface area contributed by atoms with Gasteiger partial charge >= 0.3 is 0 Å². The number of nitrogens with one attached hydrogen (secondary N) is 1. The van der Waals surface area contributed by atoms with Crippen LogP contribution < -0.4 is 5.32 Å². The molecule has 0 saturated carbocycles. The zero-order chi connectivity index (χ0) is 13.0. The van der Waals surface area contributed by atoms with E-state index < -0.39 is 0 Å². The van der Waals surface area contributed by atoms with Gasteiger partial charge in [-0.05, 0) is 46.6 Å². The molecule has 5 heteroatoms. The highest BCUT2D eigenvalue weighted by atomic mass is 79.9. The predicted molar refractivity (Wildman–Crippen MR) is 75.6 cm³/mol. The van der Waals surface area contributed by atoms with Gasteiger partial charge in [0.25, 0.3) is 0 Å². The molecule has 0 radical (unpaired) electrons.